The van der Waals surface area contributed by atoms with Crippen LogP contribution >= 0.6 is 0 Å². The fourth-order valence-corrected chi connectivity index (χ4v) is 2.25. The van der Waals surface area contributed by atoms with Crippen molar-refractivity contribution in [2.75, 3.05) is 0 Å². The molecule has 0 amide bonds. The second-order valence-electron chi connectivity index (χ2n) is 4.89. The van der Waals surface area contributed by atoms with Crippen LogP contribution in [0.25, 0.3) is 16.8 Å². The van der Waals surface area contributed by atoms with E-state index in [0.29, 0.717) is 5.56 Å². The number of aromatic nitrogens is 2. The van der Waals surface area contributed by atoms with Gasteiger partial charge in [0.25, 0.3) is 0 Å². The number of rotatable bonds is 4. The van der Waals surface area contributed by atoms with Crippen LogP contribution in [0.4, 0.5) is 0 Å². The van der Waals surface area contributed by atoms with Crippen LogP contribution < -0.4 is 0 Å². The minimum absolute atomic E-state index is 0.00463. The highest BCUT2D eigenvalue weighted by Crippen LogP contribution is 2.16. The van der Waals surface area contributed by atoms with Gasteiger partial charge in [-0.15, -0.1) is 0 Å². The second kappa shape index (κ2) is 5.75. The van der Waals surface area contributed by atoms with Gasteiger partial charge >= 0.3 is 0 Å². The molecule has 0 bridgehead atoms. The van der Waals surface area contributed by atoms with Crippen LogP contribution in [0.1, 0.15) is 22.8 Å². The van der Waals surface area contributed by atoms with E-state index in [1.165, 1.54) is 0 Å². The van der Waals surface area contributed by atoms with E-state index in [4.69, 9.17) is 0 Å². The van der Waals surface area contributed by atoms with Crippen molar-refractivity contribution >= 4 is 22.6 Å². The lowest BCUT2D eigenvalue weighted by atomic mass is 10.0. The van der Waals surface area contributed by atoms with Crippen molar-refractivity contribution in [3.05, 3.63) is 72.1 Å². The summed E-state index contributed by atoms with van der Waals surface area (Å²) in [6.07, 6.45) is 7.08. The zero-order valence-electron chi connectivity index (χ0n) is 11.9. The van der Waals surface area contributed by atoms with Crippen molar-refractivity contribution in [2.24, 2.45) is 0 Å². The van der Waals surface area contributed by atoms with Gasteiger partial charge in [0.05, 0.1) is 6.20 Å². The van der Waals surface area contributed by atoms with Gasteiger partial charge in [-0.1, -0.05) is 36.4 Å². The normalized spacial score (nSPS) is 11.3. The third-order valence-electron chi connectivity index (χ3n) is 3.44. The van der Waals surface area contributed by atoms with Crippen LogP contribution in [0.5, 0.6) is 0 Å². The van der Waals surface area contributed by atoms with E-state index >= 15 is 0 Å². The molecule has 1 heterocycles. The number of hydrogen-bond acceptors (Lipinski definition) is 2. The molecule has 3 heteroatoms. The summed E-state index contributed by atoms with van der Waals surface area (Å²) in [7, 11) is 0. The Morgan fingerprint density at radius 3 is 2.76 bits per heavy atom. The number of nitrogens with zero attached hydrogens (tertiary/aromatic N) is 2. The first-order chi connectivity index (χ1) is 10.3. The number of benzene rings is 2. The Morgan fingerprint density at radius 2 is 2.00 bits per heavy atom. The molecular weight excluding hydrogens is 260 g/mol. The van der Waals surface area contributed by atoms with E-state index in [0.717, 1.165) is 22.9 Å². The molecule has 0 radical (unpaired) electrons. The number of allylic oxidation sites excluding steroid dienone is 1. The number of aryl methyl sites for hydroxylation is 1. The second-order valence-corrected chi connectivity index (χ2v) is 4.89. The topological polar surface area (TPSA) is 34.9 Å². The van der Waals surface area contributed by atoms with Gasteiger partial charge in [0.1, 0.15) is 0 Å². The first-order valence-electron chi connectivity index (χ1n) is 7.00. The van der Waals surface area contributed by atoms with Crippen molar-refractivity contribution < 1.29 is 4.79 Å². The fourth-order valence-electron chi connectivity index (χ4n) is 2.25. The van der Waals surface area contributed by atoms with Crippen LogP contribution in [-0.4, -0.2) is 15.6 Å². The van der Waals surface area contributed by atoms with E-state index in [1.54, 1.807) is 18.3 Å². The Bertz CT molecular complexity index is 815. The summed E-state index contributed by atoms with van der Waals surface area (Å²) >= 11 is 0. The third kappa shape index (κ3) is 2.92. The molecule has 0 saturated carbocycles. The molecule has 21 heavy (non-hydrogen) atoms. The molecule has 3 rings (SSSR count). The van der Waals surface area contributed by atoms with Gasteiger partial charge in [0, 0.05) is 23.9 Å². The molecule has 1 aromatic heterocycles. The van der Waals surface area contributed by atoms with Gasteiger partial charge in [-0.3, -0.25) is 9.48 Å². The van der Waals surface area contributed by atoms with Gasteiger partial charge in [0.2, 0.25) is 0 Å². The highest BCUT2D eigenvalue weighted by atomic mass is 16.1. The summed E-state index contributed by atoms with van der Waals surface area (Å²) in [5.41, 5.74) is 1.64. The zero-order chi connectivity index (χ0) is 14.7. The molecule has 0 saturated heterocycles. The van der Waals surface area contributed by atoms with Crippen LogP contribution in [0.3, 0.4) is 0 Å². The Hall–Kier alpha value is -2.68. The molecule has 0 aliphatic heterocycles. The molecule has 0 unspecified atom stereocenters. The Labute approximate surface area is 123 Å². The predicted octanol–water partition coefficient (Wildman–Crippen LogP) is 3.95. The summed E-state index contributed by atoms with van der Waals surface area (Å²) in [5, 5.41) is 6.40. The summed E-state index contributed by atoms with van der Waals surface area (Å²) in [6, 6.07) is 13.8. The number of carbonyl (C=O) groups excluding carboxylic acids is 1. The highest BCUT2D eigenvalue weighted by molar-refractivity contribution is 6.08. The summed E-state index contributed by atoms with van der Waals surface area (Å²) < 4.78 is 1.83. The molecule has 0 aliphatic carbocycles. The van der Waals surface area contributed by atoms with Crippen LogP contribution in [-0.2, 0) is 6.54 Å². The summed E-state index contributed by atoms with van der Waals surface area (Å²) in [5.74, 6) is 0.00463. The molecular formula is C18H16N2O. The van der Waals surface area contributed by atoms with Crippen molar-refractivity contribution in [1.82, 2.24) is 9.78 Å². The number of carbonyl (C=O) groups is 1. The predicted molar refractivity (Wildman–Crippen MR) is 85.2 cm³/mol. The van der Waals surface area contributed by atoms with E-state index < -0.39 is 0 Å². The maximum atomic E-state index is 12.2. The first kappa shape index (κ1) is 13.3. The Balaban J connectivity index is 1.83. The first-order valence-corrected chi connectivity index (χ1v) is 7.00. The monoisotopic (exact) mass is 276 g/mol. The minimum Gasteiger partial charge on any atom is -0.289 e. The van der Waals surface area contributed by atoms with E-state index in [2.05, 4.69) is 5.10 Å². The number of ketones is 1. The van der Waals surface area contributed by atoms with Crippen LogP contribution in [0.2, 0.25) is 0 Å². The van der Waals surface area contributed by atoms with E-state index in [9.17, 15) is 4.79 Å². The number of hydrogen-bond donors (Lipinski definition) is 0. The van der Waals surface area contributed by atoms with Gasteiger partial charge in [-0.05, 0) is 35.9 Å². The largest absolute Gasteiger partial charge is 0.289 e. The van der Waals surface area contributed by atoms with Crippen LogP contribution in [0.15, 0.2) is 60.9 Å². The smallest absolute Gasteiger partial charge is 0.185 e. The summed E-state index contributed by atoms with van der Waals surface area (Å²) in [4.78, 5) is 12.2. The van der Waals surface area contributed by atoms with Crippen LogP contribution in [0, 0.1) is 0 Å². The molecule has 0 spiro atoms. The third-order valence-corrected chi connectivity index (χ3v) is 3.44. The van der Waals surface area contributed by atoms with E-state index in [1.807, 2.05) is 60.3 Å². The Kier molecular flexibility index (Phi) is 3.65. The average Bonchev–Trinajstić information content (AvgIpc) is 3.00. The van der Waals surface area contributed by atoms with Gasteiger partial charge in [0.15, 0.2) is 5.78 Å². The highest BCUT2D eigenvalue weighted by Gasteiger charge is 2.03. The SMILES string of the molecule is CCn1cc(C=CC(=O)c2ccc3ccccc3c2)cn1. The maximum Gasteiger partial charge on any atom is 0.185 e. The molecule has 3 aromatic rings. The molecule has 2 aromatic carbocycles. The molecule has 0 atom stereocenters. The van der Waals surface area contributed by atoms with Crippen molar-refractivity contribution in [3.63, 3.8) is 0 Å². The quantitative estimate of drug-likeness (QED) is 0.534. The molecule has 0 N–H and O–H groups in total. The summed E-state index contributed by atoms with van der Waals surface area (Å²) in [6.45, 7) is 2.85. The van der Waals surface area contributed by atoms with Crippen molar-refractivity contribution in [1.29, 1.82) is 0 Å². The van der Waals surface area contributed by atoms with Gasteiger partial charge < -0.3 is 0 Å². The standard InChI is InChI=1S/C18H16N2O/c1-2-20-13-14(12-19-20)7-10-18(21)17-9-8-15-5-3-4-6-16(15)11-17/h3-13H,2H2,1H3. The van der Waals surface area contributed by atoms with Gasteiger partial charge in [-0.25, -0.2) is 0 Å². The van der Waals surface area contributed by atoms with Crippen molar-refractivity contribution in [3.8, 4) is 0 Å². The average molecular weight is 276 g/mol. The maximum absolute atomic E-state index is 12.2. The minimum atomic E-state index is 0.00463. The van der Waals surface area contributed by atoms with E-state index in [-0.39, 0.29) is 5.78 Å². The molecule has 3 nitrogen and oxygen atoms in total. The molecule has 0 fully saturated rings. The van der Waals surface area contributed by atoms with Crippen molar-refractivity contribution in [2.45, 2.75) is 13.5 Å². The lowest BCUT2D eigenvalue weighted by Gasteiger charge is -2.00. The van der Waals surface area contributed by atoms with Gasteiger partial charge in [-0.2, -0.15) is 5.10 Å². The lowest BCUT2D eigenvalue weighted by Crippen LogP contribution is -1.93. The lowest BCUT2D eigenvalue weighted by molar-refractivity contribution is 0.104. The fraction of sp³-hybridized carbons (Fsp3) is 0.111. The Morgan fingerprint density at radius 1 is 1.19 bits per heavy atom. The molecule has 0 aliphatic rings. The zero-order valence-corrected chi connectivity index (χ0v) is 11.9. The number of fused-ring (bicyclic) bond motifs is 1. The molecule has 104 valence electrons.